The molecule has 46 heavy (non-hydrogen) atoms. The first-order chi connectivity index (χ1) is 22.8. The van der Waals surface area contributed by atoms with Crippen molar-refractivity contribution in [3.05, 3.63) is 191 Å². The van der Waals surface area contributed by atoms with Crippen LogP contribution in [0.4, 0.5) is 0 Å². The first kappa shape index (κ1) is 24.7. The maximum absolute atomic E-state index is 2.59. The third-order valence-electron chi connectivity index (χ3n) is 11.1. The van der Waals surface area contributed by atoms with E-state index in [0.717, 1.165) is 6.42 Å². The summed E-state index contributed by atoms with van der Waals surface area (Å²) in [6, 6.07) is 59.5. The summed E-state index contributed by atoms with van der Waals surface area (Å²) < 4.78 is 2.59. The summed E-state index contributed by atoms with van der Waals surface area (Å²) in [5.41, 5.74) is 18.9. The van der Waals surface area contributed by atoms with E-state index in [-0.39, 0.29) is 6.71 Å². The Hall–Kier alpha value is -5.60. The molecule has 1 aromatic heterocycles. The second-order valence-electron chi connectivity index (χ2n) is 13.2. The van der Waals surface area contributed by atoms with Crippen LogP contribution in [0.25, 0.3) is 38.6 Å². The Morgan fingerprint density at radius 2 is 1.17 bits per heavy atom. The molecule has 212 valence electrons. The van der Waals surface area contributed by atoms with Crippen molar-refractivity contribution in [1.82, 2.24) is 4.57 Å². The van der Waals surface area contributed by atoms with Gasteiger partial charge in [0.1, 0.15) is 0 Å². The molecule has 0 saturated heterocycles. The molecule has 0 unspecified atom stereocenters. The maximum atomic E-state index is 2.59. The number of nitrogens with zero attached hydrogens (tertiary/aromatic N) is 1. The quantitative estimate of drug-likeness (QED) is 0.187. The van der Waals surface area contributed by atoms with Crippen LogP contribution in [0.1, 0.15) is 33.4 Å². The average molecular weight is 582 g/mol. The third-order valence-corrected chi connectivity index (χ3v) is 11.1. The van der Waals surface area contributed by atoms with E-state index in [0.29, 0.717) is 0 Å². The van der Waals surface area contributed by atoms with Crippen molar-refractivity contribution in [2.24, 2.45) is 0 Å². The highest BCUT2D eigenvalue weighted by Gasteiger charge is 2.53. The van der Waals surface area contributed by atoms with Crippen LogP contribution in [0, 0.1) is 0 Å². The lowest BCUT2D eigenvalue weighted by molar-refractivity contribution is 0.748. The van der Waals surface area contributed by atoms with Gasteiger partial charge in [0, 0.05) is 22.0 Å². The van der Waals surface area contributed by atoms with Gasteiger partial charge in [-0.2, -0.15) is 0 Å². The number of hydrogen-bond donors (Lipinski definition) is 0. The molecule has 7 aromatic carbocycles. The molecule has 0 bridgehead atoms. The summed E-state index contributed by atoms with van der Waals surface area (Å²) in [5, 5.41) is 2.69. The summed E-state index contributed by atoms with van der Waals surface area (Å²) in [4.78, 5) is 0. The zero-order chi connectivity index (χ0) is 30.0. The van der Waals surface area contributed by atoms with Crippen molar-refractivity contribution < 1.29 is 0 Å². The van der Waals surface area contributed by atoms with Crippen LogP contribution in [0.3, 0.4) is 0 Å². The minimum Gasteiger partial charge on any atom is -0.310 e. The summed E-state index contributed by atoms with van der Waals surface area (Å²) in [6.07, 6.45) is 0.934. The second-order valence-corrected chi connectivity index (χ2v) is 13.2. The first-order valence-corrected chi connectivity index (χ1v) is 16.4. The van der Waals surface area contributed by atoms with Crippen molar-refractivity contribution in [3.8, 4) is 16.8 Å². The van der Waals surface area contributed by atoms with Crippen molar-refractivity contribution >= 4 is 44.9 Å². The molecule has 0 atom stereocenters. The van der Waals surface area contributed by atoms with Crippen molar-refractivity contribution in [2.45, 2.75) is 11.8 Å². The molecule has 3 aliphatic rings. The standard InChI is InChI=1S/C44H28BN/c1-4-13-28(14-5-1)30-26-31-25-29-23-24-35-34-19-10-11-21-38(34)46-39-22-12-20-36-42(39)45(41(29)43(35)46)40(31)37(27-30)44(36,32-15-6-2-7-16-32)33-17-8-3-9-18-33/h1-24,26-27H,25H2. The summed E-state index contributed by atoms with van der Waals surface area (Å²) >= 11 is 0. The summed E-state index contributed by atoms with van der Waals surface area (Å²) in [6.45, 7) is 0.186. The number of rotatable bonds is 3. The highest BCUT2D eigenvalue weighted by atomic mass is 15.0. The lowest BCUT2D eigenvalue weighted by Crippen LogP contribution is -2.67. The predicted molar refractivity (Wildman–Crippen MR) is 192 cm³/mol. The molecule has 3 aliphatic heterocycles. The lowest BCUT2D eigenvalue weighted by atomic mass is 9.27. The summed E-state index contributed by atoms with van der Waals surface area (Å²) in [7, 11) is 0. The van der Waals surface area contributed by atoms with Crippen LogP contribution in [0.5, 0.6) is 0 Å². The van der Waals surface area contributed by atoms with Gasteiger partial charge in [-0.15, -0.1) is 0 Å². The number of aromatic nitrogens is 1. The Labute approximate surface area is 268 Å². The molecular weight excluding hydrogens is 553 g/mol. The molecule has 0 spiro atoms. The minimum atomic E-state index is -0.481. The highest BCUT2D eigenvalue weighted by molar-refractivity contribution is 7.00. The smallest absolute Gasteiger partial charge is 0.248 e. The molecule has 0 aliphatic carbocycles. The number of benzene rings is 7. The topological polar surface area (TPSA) is 4.93 Å². The van der Waals surface area contributed by atoms with E-state index < -0.39 is 5.41 Å². The van der Waals surface area contributed by atoms with Crippen molar-refractivity contribution in [1.29, 1.82) is 0 Å². The molecule has 8 aromatic rings. The molecule has 2 heteroatoms. The molecular formula is C44H28BN. The summed E-state index contributed by atoms with van der Waals surface area (Å²) in [5.74, 6) is 0. The molecule has 0 fully saturated rings. The number of para-hydroxylation sites is 1. The molecule has 11 rings (SSSR count). The first-order valence-electron chi connectivity index (χ1n) is 16.4. The van der Waals surface area contributed by atoms with Gasteiger partial charge >= 0.3 is 0 Å². The van der Waals surface area contributed by atoms with E-state index in [1.165, 1.54) is 88.4 Å². The Bertz CT molecular complexity index is 2500. The van der Waals surface area contributed by atoms with Gasteiger partial charge in [0.2, 0.25) is 6.71 Å². The zero-order valence-electron chi connectivity index (χ0n) is 25.2. The van der Waals surface area contributed by atoms with Gasteiger partial charge in [0.15, 0.2) is 0 Å². The fourth-order valence-electron chi connectivity index (χ4n) is 9.49. The van der Waals surface area contributed by atoms with Crippen molar-refractivity contribution in [3.63, 3.8) is 0 Å². The van der Waals surface area contributed by atoms with Gasteiger partial charge in [-0.1, -0.05) is 151 Å². The average Bonchev–Trinajstić information content (AvgIpc) is 3.47. The van der Waals surface area contributed by atoms with Crippen LogP contribution in [-0.2, 0) is 11.8 Å². The van der Waals surface area contributed by atoms with E-state index in [1.807, 2.05) is 0 Å². The zero-order valence-corrected chi connectivity index (χ0v) is 25.2. The van der Waals surface area contributed by atoms with E-state index in [1.54, 1.807) is 0 Å². The largest absolute Gasteiger partial charge is 0.310 e. The molecule has 1 nitrogen and oxygen atoms in total. The second kappa shape index (κ2) is 8.77. The normalized spacial score (nSPS) is 14.6. The van der Waals surface area contributed by atoms with Crippen LogP contribution >= 0.6 is 0 Å². The van der Waals surface area contributed by atoms with Crippen LogP contribution in [0.15, 0.2) is 158 Å². The van der Waals surface area contributed by atoms with Crippen LogP contribution in [-0.4, -0.2) is 11.3 Å². The minimum absolute atomic E-state index is 0.186. The van der Waals surface area contributed by atoms with E-state index in [9.17, 15) is 0 Å². The monoisotopic (exact) mass is 581 g/mol. The van der Waals surface area contributed by atoms with Gasteiger partial charge in [-0.05, 0) is 74.0 Å². The predicted octanol–water partition coefficient (Wildman–Crippen LogP) is 7.88. The Kier molecular flexibility index (Phi) is 4.71. The molecule has 0 amide bonds. The lowest BCUT2D eigenvalue weighted by Gasteiger charge is -2.48. The van der Waals surface area contributed by atoms with E-state index in [4.69, 9.17) is 0 Å². The van der Waals surface area contributed by atoms with Gasteiger partial charge in [0.25, 0.3) is 0 Å². The fraction of sp³-hybridized carbons (Fsp3) is 0.0455. The van der Waals surface area contributed by atoms with Gasteiger partial charge in [-0.25, -0.2) is 0 Å². The van der Waals surface area contributed by atoms with E-state index in [2.05, 4.69) is 162 Å². The van der Waals surface area contributed by atoms with Gasteiger partial charge in [0.05, 0.1) is 10.9 Å². The SMILES string of the molecule is c1ccc(-c2cc3c4c(c2)C(c2ccccc2)(c2ccccc2)c2cccc5c2B4c2c(ccc4c6ccccc6n-5c24)C3)cc1. The van der Waals surface area contributed by atoms with Gasteiger partial charge < -0.3 is 4.57 Å². The highest BCUT2D eigenvalue weighted by Crippen LogP contribution is 2.50. The Morgan fingerprint density at radius 3 is 1.93 bits per heavy atom. The van der Waals surface area contributed by atoms with Crippen LogP contribution in [0.2, 0.25) is 0 Å². The molecule has 4 heterocycles. The molecule has 0 saturated carbocycles. The number of hydrogen-bond acceptors (Lipinski definition) is 0. The maximum Gasteiger partial charge on any atom is 0.248 e. The van der Waals surface area contributed by atoms with E-state index >= 15 is 0 Å². The number of fused-ring (bicyclic) bond motifs is 4. The van der Waals surface area contributed by atoms with Crippen molar-refractivity contribution in [2.75, 3.05) is 0 Å². The van der Waals surface area contributed by atoms with Gasteiger partial charge in [-0.3, -0.25) is 0 Å². The Morgan fingerprint density at radius 1 is 0.478 bits per heavy atom. The fourth-order valence-corrected chi connectivity index (χ4v) is 9.49. The third kappa shape index (κ3) is 2.89. The molecule has 0 radical (unpaired) electrons. The molecule has 0 N–H and O–H groups in total. The Balaban J connectivity index is 1.39. The van der Waals surface area contributed by atoms with Crippen LogP contribution < -0.4 is 16.4 Å².